The number of rotatable bonds is 4. The van der Waals surface area contributed by atoms with Gasteiger partial charge in [0.15, 0.2) is 5.65 Å². The van der Waals surface area contributed by atoms with Crippen molar-refractivity contribution in [2.75, 3.05) is 43.5 Å². The van der Waals surface area contributed by atoms with Crippen LogP contribution >= 0.6 is 7.14 Å². The molecule has 12 heteroatoms. The lowest BCUT2D eigenvalue weighted by molar-refractivity contribution is -0.137. The van der Waals surface area contributed by atoms with Crippen molar-refractivity contribution in [1.29, 1.82) is 0 Å². The van der Waals surface area contributed by atoms with Crippen molar-refractivity contribution in [3.8, 4) is 0 Å². The second-order valence-corrected chi connectivity index (χ2v) is 12.6. The van der Waals surface area contributed by atoms with Crippen LogP contribution in [0, 0.1) is 6.92 Å². The summed E-state index contributed by atoms with van der Waals surface area (Å²) < 4.78 is 56.0. The van der Waals surface area contributed by atoms with Crippen molar-refractivity contribution >= 4 is 40.6 Å². The Labute approximate surface area is 206 Å². The maximum absolute atomic E-state index is 14.1. The lowest BCUT2D eigenvalue weighted by Gasteiger charge is -2.30. The van der Waals surface area contributed by atoms with E-state index in [0.717, 1.165) is 25.2 Å². The highest BCUT2D eigenvalue weighted by Crippen LogP contribution is 2.47. The molecule has 1 atom stereocenters. The maximum atomic E-state index is 14.1. The van der Waals surface area contributed by atoms with Crippen molar-refractivity contribution in [2.45, 2.75) is 26.1 Å². The minimum Gasteiger partial charge on any atom is -0.399 e. The minimum atomic E-state index is -4.51. The normalized spacial score (nSPS) is 17.5. The van der Waals surface area contributed by atoms with Crippen LogP contribution < -0.4 is 16.4 Å². The van der Waals surface area contributed by atoms with Crippen molar-refractivity contribution < 1.29 is 17.7 Å². The van der Waals surface area contributed by atoms with E-state index in [4.69, 9.17) is 5.73 Å². The molecule has 8 nitrogen and oxygen atoms in total. The first-order valence-electron chi connectivity index (χ1n) is 11.6. The fourth-order valence-corrected chi connectivity index (χ4v) is 7.59. The molecule has 1 aromatic carbocycles. The number of aromatic nitrogens is 4. The first-order chi connectivity index (χ1) is 16.9. The molecule has 3 aromatic heterocycles. The number of imidazole rings is 1. The first-order valence-corrected chi connectivity index (χ1v) is 13.7. The number of alkyl halides is 3. The molecule has 0 radical (unpaired) electrons. The predicted octanol–water partition coefficient (Wildman–Crippen LogP) is 4.29. The number of pyridine rings is 1. The van der Waals surface area contributed by atoms with E-state index in [9.17, 15) is 17.7 Å². The van der Waals surface area contributed by atoms with Crippen LogP contribution in [-0.2, 0) is 10.7 Å². The number of hydrogen-bond acceptors (Lipinski definition) is 7. The number of benzene rings is 1. The Morgan fingerprint density at radius 3 is 2.53 bits per heavy atom. The summed E-state index contributed by atoms with van der Waals surface area (Å²) in [6.07, 6.45) is 0.0136. The van der Waals surface area contributed by atoms with Gasteiger partial charge >= 0.3 is 6.18 Å². The Bertz CT molecular complexity index is 1510. The molecule has 3 N–H and O–H groups in total. The molecular weight excluding hydrogens is 490 g/mol. The molecule has 0 amide bonds. The SMILES string of the molecule is Cc1nc(N[C@H](C)c2cc(N)cc(C(F)(F)F)c2)c2cc(P3(=O)CCN(C)CC3)c3nccn3c2n1. The van der Waals surface area contributed by atoms with Gasteiger partial charge in [-0.1, -0.05) is 0 Å². The van der Waals surface area contributed by atoms with E-state index in [-0.39, 0.29) is 5.69 Å². The van der Waals surface area contributed by atoms with Crippen molar-refractivity contribution in [3.63, 3.8) is 0 Å². The van der Waals surface area contributed by atoms with Gasteiger partial charge in [-0.3, -0.25) is 4.40 Å². The zero-order valence-electron chi connectivity index (χ0n) is 20.2. The van der Waals surface area contributed by atoms with Gasteiger partial charge in [0.25, 0.3) is 0 Å². The third-order valence-electron chi connectivity index (χ3n) is 6.70. The number of nitrogen functional groups attached to an aromatic ring is 1. The van der Waals surface area contributed by atoms with Crippen LogP contribution in [0.1, 0.15) is 29.9 Å². The van der Waals surface area contributed by atoms with Gasteiger partial charge in [-0.2, -0.15) is 13.2 Å². The van der Waals surface area contributed by atoms with Crippen LogP contribution in [0.5, 0.6) is 0 Å². The van der Waals surface area contributed by atoms with Gasteiger partial charge in [0, 0.05) is 43.5 Å². The maximum Gasteiger partial charge on any atom is 0.416 e. The van der Waals surface area contributed by atoms with Gasteiger partial charge < -0.3 is 20.5 Å². The van der Waals surface area contributed by atoms with E-state index in [2.05, 4.69) is 25.2 Å². The van der Waals surface area contributed by atoms with Gasteiger partial charge in [0.05, 0.1) is 22.3 Å². The third kappa shape index (κ3) is 4.41. The molecule has 1 saturated heterocycles. The van der Waals surface area contributed by atoms with Gasteiger partial charge in [-0.15, -0.1) is 0 Å². The molecule has 0 saturated carbocycles. The van der Waals surface area contributed by atoms with Crippen molar-refractivity contribution in [3.05, 3.63) is 53.6 Å². The molecule has 0 aliphatic carbocycles. The van der Waals surface area contributed by atoms with Crippen LogP contribution in [0.4, 0.5) is 24.7 Å². The molecule has 190 valence electrons. The molecular formula is C24H27F3N7OP. The molecule has 0 spiro atoms. The Balaban J connectivity index is 1.63. The van der Waals surface area contributed by atoms with Gasteiger partial charge in [0.1, 0.15) is 24.4 Å². The van der Waals surface area contributed by atoms with E-state index in [1.54, 1.807) is 26.2 Å². The molecule has 4 aromatic rings. The Morgan fingerprint density at radius 1 is 1.11 bits per heavy atom. The number of nitrogens with two attached hydrogens (primary N) is 1. The predicted molar refractivity (Wildman–Crippen MR) is 135 cm³/mol. The van der Waals surface area contributed by atoms with E-state index >= 15 is 0 Å². The van der Waals surface area contributed by atoms with Gasteiger partial charge in [-0.05, 0) is 50.7 Å². The highest BCUT2D eigenvalue weighted by Gasteiger charge is 2.33. The highest BCUT2D eigenvalue weighted by molar-refractivity contribution is 7.72. The van der Waals surface area contributed by atoms with E-state index in [1.807, 2.05) is 17.5 Å². The van der Waals surface area contributed by atoms with E-state index in [0.29, 0.717) is 51.5 Å². The van der Waals surface area contributed by atoms with E-state index < -0.39 is 24.9 Å². The number of halogens is 3. The van der Waals surface area contributed by atoms with Gasteiger partial charge in [0.2, 0.25) is 0 Å². The number of nitrogens with one attached hydrogen (secondary N) is 1. The summed E-state index contributed by atoms with van der Waals surface area (Å²) in [6, 6.07) is 4.81. The molecule has 1 aliphatic rings. The summed E-state index contributed by atoms with van der Waals surface area (Å²) in [4.78, 5) is 15.8. The molecule has 1 fully saturated rings. The van der Waals surface area contributed by atoms with Gasteiger partial charge in [-0.25, -0.2) is 15.0 Å². The average Bonchev–Trinajstić information content (AvgIpc) is 3.30. The summed E-state index contributed by atoms with van der Waals surface area (Å²) in [5.74, 6) is 0.924. The Kier molecular flexibility index (Phi) is 5.95. The zero-order chi connectivity index (χ0) is 25.8. The van der Waals surface area contributed by atoms with Crippen molar-refractivity contribution in [2.24, 2.45) is 0 Å². The molecule has 4 heterocycles. The van der Waals surface area contributed by atoms with Crippen molar-refractivity contribution in [1.82, 2.24) is 24.3 Å². The molecule has 5 rings (SSSR count). The summed E-state index contributed by atoms with van der Waals surface area (Å²) in [5, 5.41) is 4.56. The monoisotopic (exact) mass is 517 g/mol. The number of aryl methyl sites for hydroxylation is 1. The summed E-state index contributed by atoms with van der Waals surface area (Å²) in [6.45, 7) is 4.94. The Hall–Kier alpha value is -3.17. The third-order valence-corrected chi connectivity index (χ3v) is 9.75. The largest absolute Gasteiger partial charge is 0.416 e. The van der Waals surface area contributed by atoms with E-state index in [1.165, 1.54) is 6.07 Å². The fourth-order valence-electron chi connectivity index (χ4n) is 4.67. The first kappa shape index (κ1) is 24.5. The van der Waals surface area contributed by atoms with Crippen LogP contribution in [0.3, 0.4) is 0 Å². The minimum absolute atomic E-state index is 0.0278. The molecule has 36 heavy (non-hydrogen) atoms. The quantitative estimate of drug-likeness (QED) is 0.308. The standard InChI is InChI=1S/C24H27F3N7OP/c1-14(16-10-17(24(25,26)27)12-18(28)11-16)30-21-19-13-20(36(35)8-6-33(3)7-9-36)23-29-4-5-34(23)22(19)32-15(2)31-21/h4-5,10-14H,6-9,28H2,1-3H3,(H,30,31,32)/t14-/m1/s1. The number of anilines is 2. The Morgan fingerprint density at radius 2 is 1.83 bits per heavy atom. The summed E-state index contributed by atoms with van der Waals surface area (Å²) >= 11 is 0. The molecule has 0 unspecified atom stereocenters. The lowest BCUT2D eigenvalue weighted by atomic mass is 10.0. The summed E-state index contributed by atoms with van der Waals surface area (Å²) in [7, 11) is -0.716. The number of hydrogen-bond donors (Lipinski definition) is 2. The number of nitrogens with zero attached hydrogens (tertiary/aromatic N) is 5. The van der Waals surface area contributed by atoms with Crippen LogP contribution in [0.25, 0.3) is 16.7 Å². The molecule has 1 aliphatic heterocycles. The number of fused-ring (bicyclic) bond motifs is 3. The van der Waals surface area contributed by atoms with Crippen LogP contribution in [0.15, 0.2) is 36.7 Å². The average molecular weight is 517 g/mol. The van der Waals surface area contributed by atoms with Crippen LogP contribution in [-0.4, -0.2) is 56.7 Å². The van der Waals surface area contributed by atoms with Crippen LogP contribution in [0.2, 0.25) is 0 Å². The topological polar surface area (TPSA) is 101 Å². The smallest absolute Gasteiger partial charge is 0.399 e. The fraction of sp³-hybridized carbons (Fsp3) is 0.375. The molecule has 0 bridgehead atoms. The lowest BCUT2D eigenvalue weighted by Crippen LogP contribution is -2.34. The second kappa shape index (κ2) is 8.74. The second-order valence-electron chi connectivity index (χ2n) is 9.40. The highest BCUT2D eigenvalue weighted by atomic mass is 31.2. The zero-order valence-corrected chi connectivity index (χ0v) is 21.1. The summed E-state index contributed by atoms with van der Waals surface area (Å²) in [5.41, 5.74) is 6.57.